The highest BCUT2D eigenvalue weighted by molar-refractivity contribution is 7.99. The predicted octanol–water partition coefficient (Wildman–Crippen LogP) is 6.44. The van der Waals surface area contributed by atoms with Crippen molar-refractivity contribution in [1.29, 1.82) is 0 Å². The number of aryl methyl sites for hydroxylation is 1. The van der Waals surface area contributed by atoms with Crippen molar-refractivity contribution in [1.82, 2.24) is 14.8 Å². The molecule has 0 fully saturated rings. The largest absolute Gasteiger partial charge is 0.483 e. The quantitative estimate of drug-likeness (QED) is 0.361. The summed E-state index contributed by atoms with van der Waals surface area (Å²) in [5.41, 5.74) is 1.41. The Balaban J connectivity index is 1.65. The SMILES string of the molecule is CCn1c(SCC(=O)Nc2cccc(Cl)c2Cl)nnc1C(C)Oc1ccc(Cl)c(C)c1. The average Bonchev–Trinajstić information content (AvgIpc) is 3.15. The second kappa shape index (κ2) is 10.6. The summed E-state index contributed by atoms with van der Waals surface area (Å²) in [6.45, 7) is 6.45. The van der Waals surface area contributed by atoms with Crippen molar-refractivity contribution in [2.45, 2.75) is 38.6 Å². The third-order valence-corrected chi connectivity index (χ3v) is 6.64. The van der Waals surface area contributed by atoms with Crippen LogP contribution in [0.5, 0.6) is 5.75 Å². The van der Waals surface area contributed by atoms with Crippen molar-refractivity contribution in [2.24, 2.45) is 0 Å². The lowest BCUT2D eigenvalue weighted by Gasteiger charge is -2.16. The minimum absolute atomic E-state index is 0.145. The van der Waals surface area contributed by atoms with E-state index in [0.29, 0.717) is 44.0 Å². The minimum atomic E-state index is -0.332. The summed E-state index contributed by atoms with van der Waals surface area (Å²) in [5, 5.41) is 13.3. The fraction of sp³-hybridized carbons (Fsp3) is 0.286. The highest BCUT2D eigenvalue weighted by Gasteiger charge is 2.20. The van der Waals surface area contributed by atoms with E-state index in [1.54, 1.807) is 24.3 Å². The van der Waals surface area contributed by atoms with E-state index in [4.69, 9.17) is 39.5 Å². The monoisotopic (exact) mass is 498 g/mol. The summed E-state index contributed by atoms with van der Waals surface area (Å²) in [5.74, 6) is 1.30. The van der Waals surface area contributed by atoms with Gasteiger partial charge in [-0.05, 0) is 56.7 Å². The Morgan fingerprint density at radius 3 is 2.68 bits per heavy atom. The molecule has 0 bridgehead atoms. The van der Waals surface area contributed by atoms with E-state index < -0.39 is 0 Å². The molecule has 0 aliphatic rings. The lowest BCUT2D eigenvalue weighted by Crippen LogP contribution is -2.15. The van der Waals surface area contributed by atoms with E-state index in [0.717, 1.165) is 5.56 Å². The number of hydrogen-bond acceptors (Lipinski definition) is 5. The molecule has 3 rings (SSSR count). The average molecular weight is 500 g/mol. The van der Waals surface area contributed by atoms with Gasteiger partial charge in [-0.25, -0.2) is 0 Å². The molecule has 0 aliphatic heterocycles. The van der Waals surface area contributed by atoms with Gasteiger partial charge < -0.3 is 14.6 Å². The molecule has 1 aromatic heterocycles. The van der Waals surface area contributed by atoms with E-state index in [1.807, 2.05) is 37.5 Å². The van der Waals surface area contributed by atoms with Crippen molar-refractivity contribution in [2.75, 3.05) is 11.1 Å². The number of anilines is 1. The predicted molar refractivity (Wildman–Crippen MR) is 127 cm³/mol. The smallest absolute Gasteiger partial charge is 0.234 e. The molecule has 0 aliphatic carbocycles. The molecule has 164 valence electrons. The summed E-state index contributed by atoms with van der Waals surface area (Å²) in [4.78, 5) is 12.4. The number of carbonyl (C=O) groups is 1. The number of thioether (sulfide) groups is 1. The molecule has 0 spiro atoms. The first-order valence-electron chi connectivity index (χ1n) is 9.52. The Morgan fingerprint density at radius 2 is 1.97 bits per heavy atom. The van der Waals surface area contributed by atoms with E-state index in [-0.39, 0.29) is 17.8 Å². The number of ether oxygens (including phenoxy) is 1. The Labute approximate surface area is 200 Å². The van der Waals surface area contributed by atoms with E-state index in [1.165, 1.54) is 11.8 Å². The fourth-order valence-electron chi connectivity index (χ4n) is 2.87. The van der Waals surface area contributed by atoms with Gasteiger partial charge >= 0.3 is 0 Å². The van der Waals surface area contributed by atoms with Crippen LogP contribution < -0.4 is 10.1 Å². The number of aromatic nitrogens is 3. The van der Waals surface area contributed by atoms with Crippen LogP contribution in [0.1, 0.15) is 31.3 Å². The second-order valence-electron chi connectivity index (χ2n) is 6.69. The minimum Gasteiger partial charge on any atom is -0.483 e. The third kappa shape index (κ3) is 5.86. The van der Waals surface area contributed by atoms with Crippen LogP contribution in [0.4, 0.5) is 5.69 Å². The Hall–Kier alpha value is -1.93. The lowest BCUT2D eigenvalue weighted by atomic mass is 10.2. The van der Waals surface area contributed by atoms with Crippen LogP contribution in [-0.2, 0) is 11.3 Å². The van der Waals surface area contributed by atoms with Crippen LogP contribution in [-0.4, -0.2) is 26.4 Å². The number of halogens is 3. The van der Waals surface area contributed by atoms with Gasteiger partial charge in [-0.15, -0.1) is 10.2 Å². The Morgan fingerprint density at radius 1 is 1.19 bits per heavy atom. The van der Waals surface area contributed by atoms with Crippen LogP contribution in [0.15, 0.2) is 41.6 Å². The van der Waals surface area contributed by atoms with Gasteiger partial charge in [0.25, 0.3) is 0 Å². The first-order valence-corrected chi connectivity index (χ1v) is 11.6. The van der Waals surface area contributed by atoms with Crippen LogP contribution in [0.3, 0.4) is 0 Å². The Kier molecular flexibility index (Phi) is 8.11. The lowest BCUT2D eigenvalue weighted by molar-refractivity contribution is -0.113. The molecular weight excluding hydrogens is 479 g/mol. The molecule has 1 N–H and O–H groups in total. The van der Waals surface area contributed by atoms with E-state index in [9.17, 15) is 4.79 Å². The maximum absolute atomic E-state index is 12.4. The zero-order chi connectivity index (χ0) is 22.5. The topological polar surface area (TPSA) is 69.0 Å². The molecule has 0 radical (unpaired) electrons. The highest BCUT2D eigenvalue weighted by atomic mass is 35.5. The number of hydrogen-bond donors (Lipinski definition) is 1. The van der Waals surface area contributed by atoms with Crippen molar-refractivity contribution >= 4 is 58.2 Å². The molecule has 1 atom stereocenters. The van der Waals surface area contributed by atoms with Gasteiger partial charge in [0.2, 0.25) is 5.91 Å². The molecule has 0 saturated carbocycles. The van der Waals surface area contributed by atoms with Gasteiger partial charge in [0, 0.05) is 11.6 Å². The number of rotatable bonds is 8. The van der Waals surface area contributed by atoms with Crippen LogP contribution in [0.2, 0.25) is 15.1 Å². The van der Waals surface area contributed by atoms with Crippen molar-refractivity contribution in [3.63, 3.8) is 0 Å². The van der Waals surface area contributed by atoms with Gasteiger partial charge in [-0.3, -0.25) is 4.79 Å². The number of carbonyl (C=O) groups excluding carboxylic acids is 1. The molecule has 1 heterocycles. The second-order valence-corrected chi connectivity index (χ2v) is 8.83. The van der Waals surface area contributed by atoms with E-state index >= 15 is 0 Å². The van der Waals surface area contributed by atoms with Crippen molar-refractivity contribution in [3.05, 3.63) is 62.9 Å². The zero-order valence-electron chi connectivity index (χ0n) is 17.2. The standard InChI is InChI=1S/C21H21Cl3N4O2S/c1-4-28-20(13(3)30-14-8-9-15(22)12(2)10-14)26-27-21(28)31-11-18(29)25-17-7-5-6-16(23)19(17)24/h5-10,13H,4,11H2,1-3H3,(H,25,29). The molecule has 6 nitrogen and oxygen atoms in total. The maximum atomic E-state index is 12.4. The number of nitrogens with zero attached hydrogens (tertiary/aromatic N) is 3. The summed E-state index contributed by atoms with van der Waals surface area (Å²) < 4.78 is 7.95. The van der Waals surface area contributed by atoms with Crippen molar-refractivity contribution < 1.29 is 9.53 Å². The van der Waals surface area contributed by atoms with Crippen LogP contribution in [0, 0.1) is 6.92 Å². The van der Waals surface area contributed by atoms with Gasteiger partial charge in [0.1, 0.15) is 5.75 Å². The van der Waals surface area contributed by atoms with E-state index in [2.05, 4.69) is 15.5 Å². The van der Waals surface area contributed by atoms with Crippen LogP contribution in [0.25, 0.3) is 0 Å². The van der Waals surface area contributed by atoms with Gasteiger partial charge in [0.15, 0.2) is 17.1 Å². The fourth-order valence-corrected chi connectivity index (χ4v) is 4.14. The zero-order valence-corrected chi connectivity index (χ0v) is 20.2. The summed E-state index contributed by atoms with van der Waals surface area (Å²) in [6, 6.07) is 10.6. The number of benzene rings is 2. The Bertz CT molecular complexity index is 1090. The first-order chi connectivity index (χ1) is 14.8. The summed E-state index contributed by atoms with van der Waals surface area (Å²) in [6.07, 6.45) is -0.332. The number of nitrogens with one attached hydrogen (secondary N) is 1. The molecule has 3 aromatic rings. The van der Waals surface area contributed by atoms with Crippen LogP contribution >= 0.6 is 46.6 Å². The molecule has 10 heteroatoms. The molecule has 2 aromatic carbocycles. The van der Waals surface area contributed by atoms with Gasteiger partial charge in [0.05, 0.1) is 21.5 Å². The van der Waals surface area contributed by atoms with Crippen molar-refractivity contribution in [3.8, 4) is 5.75 Å². The van der Waals surface area contributed by atoms with Gasteiger partial charge in [-0.1, -0.05) is 52.6 Å². The van der Waals surface area contributed by atoms with Gasteiger partial charge in [-0.2, -0.15) is 0 Å². The molecule has 1 unspecified atom stereocenters. The maximum Gasteiger partial charge on any atom is 0.234 e. The highest BCUT2D eigenvalue weighted by Crippen LogP contribution is 2.30. The molecule has 0 saturated heterocycles. The summed E-state index contributed by atoms with van der Waals surface area (Å²) in [7, 11) is 0. The first kappa shape index (κ1) is 23.7. The third-order valence-electron chi connectivity index (χ3n) is 4.43. The number of amides is 1. The summed E-state index contributed by atoms with van der Waals surface area (Å²) >= 11 is 19.5. The molecule has 31 heavy (non-hydrogen) atoms. The normalized spacial score (nSPS) is 11.9. The molecule has 1 amide bonds. The molecular formula is C21H21Cl3N4O2S.